The molecule has 0 saturated carbocycles. The van der Waals surface area contributed by atoms with Gasteiger partial charge < -0.3 is 0 Å². The summed E-state index contributed by atoms with van der Waals surface area (Å²) in [7, 11) is -4.63. The van der Waals surface area contributed by atoms with Gasteiger partial charge in [0.15, 0.2) is 23.0 Å². The molecule has 3 aromatic rings. The van der Waals surface area contributed by atoms with E-state index in [1.54, 1.807) is 66.7 Å². The van der Waals surface area contributed by atoms with Gasteiger partial charge >= 0.3 is 16.5 Å². The first-order valence-electron chi connectivity index (χ1n) is 10.4. The van der Waals surface area contributed by atoms with Gasteiger partial charge in [0.1, 0.15) is 0 Å². The summed E-state index contributed by atoms with van der Waals surface area (Å²) in [4.78, 5) is 0. The third-order valence-corrected chi connectivity index (χ3v) is 6.19. The van der Waals surface area contributed by atoms with Gasteiger partial charge in [-0.05, 0) is 72.9 Å². The van der Waals surface area contributed by atoms with Gasteiger partial charge in [0.2, 0.25) is 0 Å². The second kappa shape index (κ2) is 11.4. The van der Waals surface area contributed by atoms with E-state index in [2.05, 4.69) is 0 Å². The molecule has 3 aromatic carbocycles. The van der Waals surface area contributed by atoms with Crippen molar-refractivity contribution in [3.8, 4) is 17.2 Å². The Morgan fingerprint density at radius 1 is 0.667 bits per heavy atom. The molecule has 0 bridgehead atoms. The number of rotatable bonds is 10. The van der Waals surface area contributed by atoms with Gasteiger partial charge in [-0.15, -0.1) is 0 Å². The van der Waals surface area contributed by atoms with E-state index in [-0.39, 0.29) is 5.92 Å². The minimum Gasteiger partial charge on any atom is -0.223 e. The molecule has 0 aliphatic heterocycles. The fourth-order valence-corrected chi connectivity index (χ4v) is 4.50. The van der Waals surface area contributed by atoms with Crippen LogP contribution in [-0.4, -0.2) is 0 Å². The second-order valence-corrected chi connectivity index (χ2v) is 8.88. The monoisotopic (exact) mass is 480 g/mol. The molecular formula is C25H22O6P2+2. The van der Waals surface area contributed by atoms with E-state index >= 15 is 0 Å². The van der Waals surface area contributed by atoms with Crippen molar-refractivity contribution in [2.45, 2.75) is 12.8 Å². The van der Waals surface area contributed by atoms with Crippen LogP contribution in [-0.2, 0) is 20.1 Å². The third-order valence-electron chi connectivity index (χ3n) is 4.75. The largest absolute Gasteiger partial charge is 0.805 e. The molecule has 3 atom stereocenters. The summed E-state index contributed by atoms with van der Waals surface area (Å²) in [5.74, 6) is 2.16. The quantitative estimate of drug-likeness (QED) is 0.279. The van der Waals surface area contributed by atoms with E-state index in [4.69, 9.17) is 18.1 Å². The summed E-state index contributed by atoms with van der Waals surface area (Å²) >= 11 is 0. The van der Waals surface area contributed by atoms with E-state index < -0.39 is 16.5 Å². The standard InChI is InChI=1S/C25H22O6P2/c26-32(28-22-9-3-1-4-10-22)30-24-16-14-20(15-17-24)18-21-8-7-13-25(19-21)31-33(27)29-23-11-5-2-6-12-23/h1-7,9-17,19,21H,8,18H2/q+2. The molecule has 8 heteroatoms. The molecule has 0 heterocycles. The molecule has 1 aliphatic carbocycles. The lowest BCUT2D eigenvalue weighted by Crippen LogP contribution is -2.05. The van der Waals surface area contributed by atoms with Crippen LogP contribution >= 0.6 is 16.5 Å². The van der Waals surface area contributed by atoms with Crippen LogP contribution in [0.1, 0.15) is 12.0 Å². The predicted molar refractivity (Wildman–Crippen MR) is 127 cm³/mol. The molecule has 0 saturated heterocycles. The lowest BCUT2D eigenvalue weighted by atomic mass is 9.93. The summed E-state index contributed by atoms with van der Waals surface area (Å²) in [5.41, 5.74) is 1.09. The number of allylic oxidation sites excluding steroid dienone is 3. The van der Waals surface area contributed by atoms with Crippen molar-refractivity contribution in [1.29, 1.82) is 0 Å². The van der Waals surface area contributed by atoms with Crippen molar-refractivity contribution >= 4 is 16.5 Å². The zero-order valence-electron chi connectivity index (χ0n) is 17.7. The Bertz CT molecular complexity index is 1140. The van der Waals surface area contributed by atoms with E-state index in [1.807, 2.05) is 36.4 Å². The average molecular weight is 480 g/mol. The van der Waals surface area contributed by atoms with Gasteiger partial charge in [-0.2, -0.15) is 0 Å². The highest BCUT2D eigenvalue weighted by Gasteiger charge is 2.27. The predicted octanol–water partition coefficient (Wildman–Crippen LogP) is 7.56. The number of para-hydroxylation sites is 2. The second-order valence-electron chi connectivity index (χ2n) is 7.25. The molecule has 166 valence electrons. The van der Waals surface area contributed by atoms with Crippen LogP contribution < -0.4 is 13.6 Å². The Labute approximate surface area is 194 Å². The van der Waals surface area contributed by atoms with Crippen LogP contribution in [0.15, 0.2) is 109 Å². The van der Waals surface area contributed by atoms with Crippen molar-refractivity contribution in [3.63, 3.8) is 0 Å². The van der Waals surface area contributed by atoms with Crippen LogP contribution in [0.3, 0.4) is 0 Å². The number of hydrogen-bond acceptors (Lipinski definition) is 6. The highest BCUT2D eigenvalue weighted by Crippen LogP contribution is 2.34. The minimum absolute atomic E-state index is 0.190. The molecule has 0 amide bonds. The molecule has 0 radical (unpaired) electrons. The molecule has 0 fully saturated rings. The molecule has 4 rings (SSSR count). The van der Waals surface area contributed by atoms with Crippen molar-refractivity contribution < 1.29 is 27.2 Å². The maximum absolute atomic E-state index is 12.2. The van der Waals surface area contributed by atoms with Crippen molar-refractivity contribution in [1.82, 2.24) is 0 Å². The Morgan fingerprint density at radius 3 is 1.76 bits per heavy atom. The van der Waals surface area contributed by atoms with Crippen molar-refractivity contribution in [3.05, 3.63) is 114 Å². The van der Waals surface area contributed by atoms with E-state index in [0.29, 0.717) is 23.0 Å². The Kier molecular flexibility index (Phi) is 7.86. The Morgan fingerprint density at radius 2 is 1.18 bits per heavy atom. The first-order chi connectivity index (χ1) is 16.1. The molecule has 0 aromatic heterocycles. The molecule has 33 heavy (non-hydrogen) atoms. The number of hydrogen-bond donors (Lipinski definition) is 0. The Balaban J connectivity index is 1.28. The summed E-state index contributed by atoms with van der Waals surface area (Å²) < 4.78 is 45.7. The smallest absolute Gasteiger partial charge is 0.223 e. The zero-order chi connectivity index (χ0) is 22.9. The zero-order valence-corrected chi connectivity index (χ0v) is 19.4. The third kappa shape index (κ3) is 7.28. The fraction of sp³-hybridized carbons (Fsp3) is 0.120. The fourth-order valence-electron chi connectivity index (χ4n) is 3.25. The Hall–Kier alpha value is -3.46. The highest BCUT2D eigenvalue weighted by molar-refractivity contribution is 7.34. The van der Waals surface area contributed by atoms with Crippen LogP contribution in [0.2, 0.25) is 0 Å². The molecule has 3 unspecified atom stereocenters. The maximum atomic E-state index is 12.2. The van der Waals surface area contributed by atoms with Crippen LogP contribution in [0.25, 0.3) is 0 Å². The average Bonchev–Trinajstić information content (AvgIpc) is 2.82. The first kappa shape index (κ1) is 22.7. The summed E-state index contributed by atoms with van der Waals surface area (Å²) in [6, 6.07) is 25.2. The summed E-state index contributed by atoms with van der Waals surface area (Å²) in [6.45, 7) is 0. The van der Waals surface area contributed by atoms with Gasteiger partial charge in [-0.1, -0.05) is 54.6 Å². The molecule has 0 spiro atoms. The summed E-state index contributed by atoms with van der Waals surface area (Å²) in [5, 5.41) is 0. The minimum atomic E-state index is -2.32. The van der Waals surface area contributed by atoms with Gasteiger partial charge in [-0.25, -0.2) is 18.1 Å². The lowest BCUT2D eigenvalue weighted by Gasteiger charge is -2.14. The van der Waals surface area contributed by atoms with Gasteiger partial charge in [0, 0.05) is 9.13 Å². The van der Waals surface area contributed by atoms with Gasteiger partial charge in [-0.3, -0.25) is 0 Å². The van der Waals surface area contributed by atoms with Crippen LogP contribution in [0.5, 0.6) is 17.2 Å². The number of benzene rings is 3. The van der Waals surface area contributed by atoms with Crippen molar-refractivity contribution in [2.24, 2.45) is 5.92 Å². The first-order valence-corrected chi connectivity index (χ1v) is 12.6. The molecule has 6 nitrogen and oxygen atoms in total. The molecular weight excluding hydrogens is 458 g/mol. The van der Waals surface area contributed by atoms with E-state index in [0.717, 1.165) is 18.4 Å². The lowest BCUT2D eigenvalue weighted by molar-refractivity contribution is 0.360. The van der Waals surface area contributed by atoms with Crippen LogP contribution in [0.4, 0.5) is 0 Å². The highest BCUT2D eigenvalue weighted by atomic mass is 31.1. The maximum Gasteiger partial charge on any atom is 0.805 e. The molecule has 1 aliphatic rings. The van der Waals surface area contributed by atoms with Crippen molar-refractivity contribution in [2.75, 3.05) is 0 Å². The topological polar surface area (TPSA) is 71.1 Å². The van der Waals surface area contributed by atoms with Gasteiger partial charge in [0.25, 0.3) is 0 Å². The molecule has 0 N–H and O–H groups in total. The van der Waals surface area contributed by atoms with E-state index in [1.165, 1.54) is 0 Å². The van der Waals surface area contributed by atoms with E-state index in [9.17, 15) is 9.13 Å². The summed E-state index contributed by atoms with van der Waals surface area (Å²) in [6.07, 6.45) is 7.36. The SMILES string of the molecule is O=[P+](OC1=CC(Cc2ccc(O[P+](=O)Oc3ccccc3)cc2)CC=C1)Oc1ccccc1. The van der Waals surface area contributed by atoms with Gasteiger partial charge in [0.05, 0.1) is 0 Å². The normalized spacial score (nSPS) is 15.8. The van der Waals surface area contributed by atoms with Crippen LogP contribution in [0, 0.1) is 5.92 Å².